The van der Waals surface area contributed by atoms with Crippen LogP contribution in [0, 0.1) is 0 Å². The highest BCUT2D eigenvalue weighted by molar-refractivity contribution is 6.21. The molecule has 0 unspecified atom stereocenters. The molecule has 3 amide bonds. The van der Waals surface area contributed by atoms with Crippen LogP contribution in [0.1, 0.15) is 36.6 Å². The van der Waals surface area contributed by atoms with Gasteiger partial charge in [-0.05, 0) is 30.2 Å². The maximum absolute atomic E-state index is 12.2. The molecule has 0 aliphatic carbocycles. The number of hydrogen-bond acceptors (Lipinski definition) is 3. The molecule has 116 valence electrons. The fraction of sp³-hybridized carbons (Fsp3) is 0.167. The molecule has 0 radical (unpaired) electrons. The first-order chi connectivity index (χ1) is 11.1. The smallest absolute Gasteiger partial charge is 0.261 e. The van der Waals surface area contributed by atoms with E-state index in [1.54, 1.807) is 6.07 Å². The van der Waals surface area contributed by atoms with Gasteiger partial charge in [-0.3, -0.25) is 19.3 Å². The number of hydrogen-bond donors (Lipinski definition) is 1. The van der Waals surface area contributed by atoms with E-state index in [1.807, 2.05) is 30.3 Å². The van der Waals surface area contributed by atoms with E-state index in [0.29, 0.717) is 17.7 Å². The van der Waals surface area contributed by atoms with Gasteiger partial charge in [-0.15, -0.1) is 0 Å². The summed E-state index contributed by atoms with van der Waals surface area (Å²) in [5.41, 5.74) is 2.16. The van der Waals surface area contributed by atoms with Crippen LogP contribution in [0.15, 0.2) is 48.5 Å². The van der Waals surface area contributed by atoms with Crippen LogP contribution in [0.3, 0.4) is 0 Å². The van der Waals surface area contributed by atoms with E-state index >= 15 is 0 Å². The highest BCUT2D eigenvalue weighted by atomic mass is 16.2. The maximum atomic E-state index is 12.2. The van der Waals surface area contributed by atoms with Crippen LogP contribution in [0.25, 0.3) is 0 Å². The van der Waals surface area contributed by atoms with E-state index in [1.165, 1.54) is 19.2 Å². The highest BCUT2D eigenvalue weighted by Crippen LogP contribution is 2.22. The lowest BCUT2D eigenvalue weighted by Gasteiger charge is -2.06. The normalized spacial score (nSPS) is 13.2. The third-order valence-electron chi connectivity index (χ3n) is 3.89. The summed E-state index contributed by atoms with van der Waals surface area (Å²) in [4.78, 5) is 37.0. The van der Waals surface area contributed by atoms with Crippen molar-refractivity contribution in [2.45, 2.75) is 6.42 Å². The number of imide groups is 1. The molecule has 5 heteroatoms. The molecule has 5 nitrogen and oxygen atoms in total. The zero-order valence-corrected chi connectivity index (χ0v) is 12.7. The van der Waals surface area contributed by atoms with Gasteiger partial charge in [0.05, 0.1) is 11.1 Å². The van der Waals surface area contributed by atoms with E-state index in [-0.39, 0.29) is 23.3 Å². The largest absolute Gasteiger partial charge is 0.352 e. The predicted molar refractivity (Wildman–Crippen MR) is 85.3 cm³/mol. The number of rotatable bonds is 4. The molecule has 0 spiro atoms. The van der Waals surface area contributed by atoms with Gasteiger partial charge in [-0.2, -0.15) is 0 Å². The third kappa shape index (κ3) is 2.85. The second-order valence-electron chi connectivity index (χ2n) is 5.42. The Labute approximate surface area is 133 Å². The average Bonchev–Trinajstić information content (AvgIpc) is 2.80. The first-order valence-electron chi connectivity index (χ1n) is 7.36. The Morgan fingerprint density at radius 3 is 2.43 bits per heavy atom. The van der Waals surface area contributed by atoms with Crippen molar-refractivity contribution in [2.75, 3.05) is 13.6 Å². The van der Waals surface area contributed by atoms with E-state index < -0.39 is 0 Å². The van der Waals surface area contributed by atoms with Gasteiger partial charge >= 0.3 is 0 Å². The summed E-state index contributed by atoms with van der Waals surface area (Å²) in [7, 11) is 1.43. The van der Waals surface area contributed by atoms with Crippen molar-refractivity contribution in [3.05, 3.63) is 70.8 Å². The van der Waals surface area contributed by atoms with Gasteiger partial charge < -0.3 is 5.32 Å². The minimum atomic E-state index is -0.371. The molecule has 0 bridgehead atoms. The van der Waals surface area contributed by atoms with Crippen LogP contribution < -0.4 is 5.32 Å². The van der Waals surface area contributed by atoms with Gasteiger partial charge in [0.25, 0.3) is 17.7 Å². The Morgan fingerprint density at radius 1 is 1.00 bits per heavy atom. The number of carbonyl (C=O) groups excluding carboxylic acids is 3. The van der Waals surface area contributed by atoms with Crippen molar-refractivity contribution in [3.8, 4) is 0 Å². The summed E-state index contributed by atoms with van der Waals surface area (Å²) >= 11 is 0. The van der Waals surface area contributed by atoms with Gasteiger partial charge in [-0.1, -0.05) is 30.3 Å². The van der Waals surface area contributed by atoms with E-state index in [2.05, 4.69) is 5.32 Å². The lowest BCUT2D eigenvalue weighted by molar-refractivity contribution is 0.0693. The first kappa shape index (κ1) is 15.0. The predicted octanol–water partition coefficient (Wildman–Crippen LogP) is 1.88. The van der Waals surface area contributed by atoms with Gasteiger partial charge in [0.2, 0.25) is 0 Å². The molecule has 0 fully saturated rings. The van der Waals surface area contributed by atoms with Gasteiger partial charge in [0, 0.05) is 19.2 Å². The van der Waals surface area contributed by atoms with Crippen molar-refractivity contribution in [2.24, 2.45) is 0 Å². The van der Waals surface area contributed by atoms with Gasteiger partial charge in [0.1, 0.15) is 0 Å². The number of nitrogens with zero attached hydrogens (tertiary/aromatic N) is 1. The van der Waals surface area contributed by atoms with Crippen LogP contribution in [0.2, 0.25) is 0 Å². The van der Waals surface area contributed by atoms with Crippen LogP contribution in [0.5, 0.6) is 0 Å². The maximum Gasteiger partial charge on any atom is 0.261 e. The standard InChI is InChI=1S/C18H16N2O3/c1-20-17(22)14-8-7-13(11-15(14)18(20)23)16(21)19-10-9-12-5-3-2-4-6-12/h2-8,11H,9-10H2,1H3,(H,19,21). The Kier molecular flexibility index (Phi) is 3.93. The molecule has 23 heavy (non-hydrogen) atoms. The fourth-order valence-electron chi connectivity index (χ4n) is 2.57. The number of benzene rings is 2. The number of nitrogens with one attached hydrogen (secondary N) is 1. The topological polar surface area (TPSA) is 66.5 Å². The van der Waals surface area contributed by atoms with E-state index in [0.717, 1.165) is 16.9 Å². The monoisotopic (exact) mass is 308 g/mol. The molecule has 1 aliphatic heterocycles. The van der Waals surface area contributed by atoms with Crippen molar-refractivity contribution in [1.82, 2.24) is 10.2 Å². The Morgan fingerprint density at radius 2 is 1.70 bits per heavy atom. The minimum absolute atomic E-state index is 0.251. The number of amides is 3. The van der Waals surface area contributed by atoms with Crippen molar-refractivity contribution < 1.29 is 14.4 Å². The lowest BCUT2D eigenvalue weighted by Crippen LogP contribution is -2.26. The summed E-state index contributed by atoms with van der Waals surface area (Å²) in [5, 5.41) is 2.83. The van der Waals surface area contributed by atoms with Crippen LogP contribution in [-0.2, 0) is 6.42 Å². The molecule has 2 aromatic carbocycles. The molecule has 1 N–H and O–H groups in total. The molecule has 1 heterocycles. The van der Waals surface area contributed by atoms with Crippen molar-refractivity contribution in [1.29, 1.82) is 0 Å². The van der Waals surface area contributed by atoms with Crippen molar-refractivity contribution in [3.63, 3.8) is 0 Å². The van der Waals surface area contributed by atoms with Gasteiger partial charge in [0.15, 0.2) is 0 Å². The summed E-state index contributed by atoms with van der Waals surface area (Å²) in [6, 6.07) is 14.4. The molecule has 0 aromatic heterocycles. The zero-order chi connectivity index (χ0) is 16.4. The molecule has 3 rings (SSSR count). The minimum Gasteiger partial charge on any atom is -0.352 e. The zero-order valence-electron chi connectivity index (χ0n) is 12.7. The van der Waals surface area contributed by atoms with Gasteiger partial charge in [-0.25, -0.2) is 0 Å². The Balaban J connectivity index is 1.67. The number of fused-ring (bicyclic) bond motifs is 1. The fourth-order valence-corrected chi connectivity index (χ4v) is 2.57. The Hall–Kier alpha value is -2.95. The van der Waals surface area contributed by atoms with Crippen LogP contribution in [0.4, 0.5) is 0 Å². The van der Waals surface area contributed by atoms with Crippen LogP contribution >= 0.6 is 0 Å². The summed E-state index contributed by atoms with van der Waals surface area (Å²) in [6.07, 6.45) is 0.734. The SMILES string of the molecule is CN1C(=O)c2ccc(C(=O)NCCc3ccccc3)cc2C1=O. The quantitative estimate of drug-likeness (QED) is 0.877. The molecule has 0 saturated carbocycles. The second kappa shape index (κ2) is 6.04. The molecular weight excluding hydrogens is 292 g/mol. The summed E-state index contributed by atoms with van der Waals surface area (Å²) in [5.74, 6) is -0.955. The van der Waals surface area contributed by atoms with E-state index in [9.17, 15) is 14.4 Å². The third-order valence-corrected chi connectivity index (χ3v) is 3.89. The molecule has 0 saturated heterocycles. The second-order valence-corrected chi connectivity index (χ2v) is 5.42. The molecule has 1 aliphatic rings. The summed E-state index contributed by atoms with van der Waals surface area (Å²) < 4.78 is 0. The number of carbonyl (C=O) groups is 3. The van der Waals surface area contributed by atoms with E-state index in [4.69, 9.17) is 0 Å². The lowest BCUT2D eigenvalue weighted by atomic mass is 10.1. The molecular formula is C18H16N2O3. The summed E-state index contributed by atoms with van der Waals surface area (Å²) in [6.45, 7) is 0.507. The Bertz CT molecular complexity index is 784. The molecule has 0 atom stereocenters. The first-order valence-corrected chi connectivity index (χ1v) is 7.36. The molecule has 2 aromatic rings. The van der Waals surface area contributed by atoms with Crippen LogP contribution in [-0.4, -0.2) is 36.2 Å². The average molecular weight is 308 g/mol. The highest BCUT2D eigenvalue weighted by Gasteiger charge is 2.33. The van der Waals surface area contributed by atoms with Crippen molar-refractivity contribution >= 4 is 17.7 Å².